The molecule has 5 heteroatoms. The van der Waals surface area contributed by atoms with E-state index in [2.05, 4.69) is 10.3 Å². The SMILES string of the molecule is Cc1cc(C)c(C(N)=S)c(NCCC2CCCCO2)n1. The van der Waals surface area contributed by atoms with Crippen molar-refractivity contribution in [2.45, 2.75) is 45.6 Å². The minimum Gasteiger partial charge on any atom is -0.389 e. The summed E-state index contributed by atoms with van der Waals surface area (Å²) in [5.74, 6) is 0.797. The van der Waals surface area contributed by atoms with Gasteiger partial charge in [-0.15, -0.1) is 0 Å². The fourth-order valence-corrected chi connectivity index (χ4v) is 2.92. The van der Waals surface area contributed by atoms with Crippen molar-refractivity contribution in [3.63, 3.8) is 0 Å². The van der Waals surface area contributed by atoms with E-state index in [1.807, 2.05) is 19.9 Å². The quantitative estimate of drug-likeness (QED) is 0.817. The predicted octanol–water partition coefficient (Wildman–Crippen LogP) is 2.70. The zero-order valence-corrected chi connectivity index (χ0v) is 13.1. The average Bonchev–Trinajstić information content (AvgIpc) is 2.38. The van der Waals surface area contributed by atoms with Crippen LogP contribution < -0.4 is 11.1 Å². The number of nitrogens with one attached hydrogen (secondary N) is 1. The van der Waals surface area contributed by atoms with Crippen molar-refractivity contribution in [1.82, 2.24) is 4.98 Å². The van der Waals surface area contributed by atoms with E-state index in [4.69, 9.17) is 22.7 Å². The van der Waals surface area contributed by atoms with Gasteiger partial charge in [0.2, 0.25) is 0 Å². The highest BCUT2D eigenvalue weighted by atomic mass is 32.1. The molecule has 1 aromatic heterocycles. The van der Waals surface area contributed by atoms with Crippen LogP contribution in [-0.4, -0.2) is 29.2 Å². The molecule has 0 aromatic carbocycles. The monoisotopic (exact) mass is 293 g/mol. The molecule has 4 nitrogen and oxygen atoms in total. The number of ether oxygens (including phenoxy) is 1. The number of aromatic nitrogens is 1. The van der Waals surface area contributed by atoms with Gasteiger partial charge in [-0.05, 0) is 51.2 Å². The van der Waals surface area contributed by atoms with Gasteiger partial charge in [-0.3, -0.25) is 0 Å². The molecule has 0 aliphatic carbocycles. The Hall–Kier alpha value is -1.20. The lowest BCUT2D eigenvalue weighted by molar-refractivity contribution is 0.0134. The fraction of sp³-hybridized carbons (Fsp3) is 0.600. The molecule has 1 aliphatic rings. The van der Waals surface area contributed by atoms with Crippen LogP contribution >= 0.6 is 12.2 Å². The molecule has 0 bridgehead atoms. The lowest BCUT2D eigenvalue weighted by atomic mass is 10.1. The summed E-state index contributed by atoms with van der Waals surface area (Å²) in [6, 6.07) is 2.00. The summed E-state index contributed by atoms with van der Waals surface area (Å²) in [4.78, 5) is 4.91. The molecule has 1 saturated heterocycles. The molecule has 3 N–H and O–H groups in total. The Morgan fingerprint density at radius 3 is 2.95 bits per heavy atom. The van der Waals surface area contributed by atoms with E-state index < -0.39 is 0 Å². The first-order valence-electron chi connectivity index (χ1n) is 7.21. The highest BCUT2D eigenvalue weighted by Gasteiger charge is 2.15. The maximum absolute atomic E-state index is 5.81. The molecule has 0 spiro atoms. The summed E-state index contributed by atoms with van der Waals surface area (Å²) >= 11 is 5.13. The Balaban J connectivity index is 1.99. The van der Waals surface area contributed by atoms with Crippen LogP contribution in [0.3, 0.4) is 0 Å². The van der Waals surface area contributed by atoms with Crippen molar-refractivity contribution in [2.75, 3.05) is 18.5 Å². The fourth-order valence-electron chi connectivity index (χ4n) is 2.66. The third kappa shape index (κ3) is 3.90. The van der Waals surface area contributed by atoms with Gasteiger partial charge >= 0.3 is 0 Å². The minimum absolute atomic E-state index is 0.371. The van der Waals surface area contributed by atoms with Crippen molar-refractivity contribution in [3.8, 4) is 0 Å². The number of pyridine rings is 1. The van der Waals surface area contributed by atoms with E-state index in [1.165, 1.54) is 12.8 Å². The van der Waals surface area contributed by atoms with Crippen LogP contribution in [0.15, 0.2) is 6.07 Å². The lowest BCUT2D eigenvalue weighted by Crippen LogP contribution is -2.23. The second-order valence-electron chi connectivity index (χ2n) is 5.37. The van der Waals surface area contributed by atoms with Gasteiger partial charge in [-0.25, -0.2) is 4.98 Å². The zero-order chi connectivity index (χ0) is 14.5. The smallest absolute Gasteiger partial charge is 0.136 e. The maximum Gasteiger partial charge on any atom is 0.136 e. The van der Waals surface area contributed by atoms with Crippen molar-refractivity contribution < 1.29 is 4.74 Å². The Morgan fingerprint density at radius 1 is 1.50 bits per heavy atom. The van der Waals surface area contributed by atoms with Gasteiger partial charge in [0.15, 0.2) is 0 Å². The third-order valence-corrected chi connectivity index (χ3v) is 3.83. The number of nitrogens with zero attached hydrogens (tertiary/aromatic N) is 1. The van der Waals surface area contributed by atoms with Crippen LogP contribution in [-0.2, 0) is 4.74 Å². The molecular formula is C15H23N3OS. The first kappa shape index (κ1) is 15.2. The number of nitrogens with two attached hydrogens (primary N) is 1. The summed E-state index contributed by atoms with van der Waals surface area (Å²) in [6.07, 6.45) is 4.98. The molecule has 1 fully saturated rings. The molecular weight excluding hydrogens is 270 g/mol. The van der Waals surface area contributed by atoms with Gasteiger partial charge in [0.25, 0.3) is 0 Å². The van der Waals surface area contributed by atoms with Crippen LogP contribution in [0.25, 0.3) is 0 Å². The number of rotatable bonds is 5. The van der Waals surface area contributed by atoms with Crippen molar-refractivity contribution in [2.24, 2.45) is 5.73 Å². The zero-order valence-electron chi connectivity index (χ0n) is 12.2. The lowest BCUT2D eigenvalue weighted by Gasteiger charge is -2.23. The molecule has 0 amide bonds. The van der Waals surface area contributed by atoms with Crippen LogP contribution in [0.5, 0.6) is 0 Å². The first-order chi connectivity index (χ1) is 9.58. The standard InChI is InChI=1S/C15H23N3OS/c1-10-9-11(2)18-15(13(10)14(16)20)17-7-6-12-5-3-4-8-19-12/h9,12H,3-8H2,1-2H3,(H2,16,20)(H,17,18). The van der Waals surface area contributed by atoms with Crippen LogP contribution in [0.1, 0.15) is 42.5 Å². The predicted molar refractivity (Wildman–Crippen MR) is 86.3 cm³/mol. The van der Waals surface area contributed by atoms with Crippen molar-refractivity contribution in [3.05, 3.63) is 22.9 Å². The largest absolute Gasteiger partial charge is 0.389 e. The normalized spacial score (nSPS) is 18.8. The Bertz CT molecular complexity index is 484. The number of thiocarbonyl (C=S) groups is 1. The molecule has 0 saturated carbocycles. The Morgan fingerprint density at radius 2 is 2.30 bits per heavy atom. The van der Waals surface area contributed by atoms with Crippen LogP contribution in [0.2, 0.25) is 0 Å². The summed E-state index contributed by atoms with van der Waals surface area (Å²) in [6.45, 7) is 5.71. The topological polar surface area (TPSA) is 60.2 Å². The Kier molecular flexibility index (Phi) is 5.31. The van der Waals surface area contributed by atoms with Gasteiger partial charge in [0.1, 0.15) is 10.8 Å². The number of hydrogen-bond acceptors (Lipinski definition) is 4. The summed E-state index contributed by atoms with van der Waals surface area (Å²) in [5.41, 5.74) is 8.71. The maximum atomic E-state index is 5.81. The van der Waals surface area contributed by atoms with Crippen molar-refractivity contribution >= 4 is 23.0 Å². The van der Waals surface area contributed by atoms with Gasteiger partial charge in [-0.2, -0.15) is 0 Å². The second kappa shape index (κ2) is 6.99. The molecule has 1 aliphatic heterocycles. The highest BCUT2D eigenvalue weighted by molar-refractivity contribution is 7.80. The minimum atomic E-state index is 0.371. The second-order valence-corrected chi connectivity index (χ2v) is 5.81. The number of hydrogen-bond donors (Lipinski definition) is 2. The van der Waals surface area contributed by atoms with E-state index in [-0.39, 0.29) is 0 Å². The molecule has 1 aromatic rings. The molecule has 2 heterocycles. The highest BCUT2D eigenvalue weighted by Crippen LogP contribution is 2.20. The third-order valence-electron chi connectivity index (χ3n) is 3.62. The van der Waals surface area contributed by atoms with Crippen LogP contribution in [0, 0.1) is 13.8 Å². The van der Waals surface area contributed by atoms with E-state index in [9.17, 15) is 0 Å². The van der Waals surface area contributed by atoms with E-state index >= 15 is 0 Å². The van der Waals surface area contributed by atoms with Gasteiger partial charge < -0.3 is 15.8 Å². The average molecular weight is 293 g/mol. The van der Waals surface area contributed by atoms with Gasteiger partial charge in [0.05, 0.1) is 11.7 Å². The van der Waals surface area contributed by atoms with Gasteiger partial charge in [-0.1, -0.05) is 12.2 Å². The molecule has 110 valence electrons. The molecule has 1 unspecified atom stereocenters. The van der Waals surface area contributed by atoms with E-state index in [1.54, 1.807) is 0 Å². The summed E-state index contributed by atoms with van der Waals surface area (Å²) < 4.78 is 5.73. The molecule has 1 atom stereocenters. The number of aryl methyl sites for hydroxylation is 2. The number of anilines is 1. The van der Waals surface area contributed by atoms with E-state index in [0.717, 1.165) is 48.6 Å². The summed E-state index contributed by atoms with van der Waals surface area (Å²) in [5, 5.41) is 3.36. The summed E-state index contributed by atoms with van der Waals surface area (Å²) in [7, 11) is 0. The first-order valence-corrected chi connectivity index (χ1v) is 7.62. The van der Waals surface area contributed by atoms with Crippen LogP contribution in [0.4, 0.5) is 5.82 Å². The van der Waals surface area contributed by atoms with Gasteiger partial charge in [0, 0.05) is 18.8 Å². The molecule has 2 rings (SSSR count). The van der Waals surface area contributed by atoms with Crippen molar-refractivity contribution in [1.29, 1.82) is 0 Å². The molecule has 0 radical (unpaired) electrons. The Labute approximate surface area is 126 Å². The van der Waals surface area contributed by atoms with E-state index in [0.29, 0.717) is 11.1 Å². The molecule has 20 heavy (non-hydrogen) atoms.